The number of pyridine rings is 1. The largest absolute Gasteiger partial charge is 0.398 e. The molecule has 21 heavy (non-hydrogen) atoms. The molecule has 0 aliphatic heterocycles. The van der Waals surface area contributed by atoms with Crippen LogP contribution >= 0.6 is 0 Å². The third kappa shape index (κ3) is 1.47. The molecule has 0 spiro atoms. The van der Waals surface area contributed by atoms with Crippen molar-refractivity contribution in [3.8, 4) is 11.3 Å². The summed E-state index contributed by atoms with van der Waals surface area (Å²) in [6, 6.07) is 5.34. The Morgan fingerprint density at radius 3 is 2.86 bits per heavy atom. The fraction of sp³-hybridized carbons (Fsp3) is 0.133. The number of hydrogen-bond acceptors (Lipinski definition) is 5. The van der Waals surface area contributed by atoms with Gasteiger partial charge in [0, 0.05) is 41.1 Å². The Labute approximate surface area is 120 Å². The Kier molecular flexibility index (Phi) is 2.37. The van der Waals surface area contributed by atoms with Crippen molar-refractivity contribution in [2.24, 2.45) is 5.73 Å². The van der Waals surface area contributed by atoms with E-state index in [-0.39, 0.29) is 5.78 Å². The van der Waals surface area contributed by atoms with Gasteiger partial charge in [0.05, 0.1) is 17.6 Å². The lowest BCUT2D eigenvalue weighted by atomic mass is 9.88. The smallest absolute Gasteiger partial charge is 0.196 e. The van der Waals surface area contributed by atoms with Gasteiger partial charge in [-0.25, -0.2) is 0 Å². The normalized spacial score (nSPS) is 12.7. The van der Waals surface area contributed by atoms with Crippen molar-refractivity contribution in [1.29, 1.82) is 0 Å². The molecule has 2 heterocycles. The van der Waals surface area contributed by atoms with Crippen molar-refractivity contribution in [2.75, 3.05) is 12.3 Å². The molecule has 0 saturated carbocycles. The van der Waals surface area contributed by atoms with Crippen LogP contribution in [0.2, 0.25) is 0 Å². The molecule has 4 N–H and O–H groups in total. The van der Waals surface area contributed by atoms with Crippen molar-refractivity contribution in [2.45, 2.75) is 6.54 Å². The molecule has 0 saturated heterocycles. The number of nitrogens with two attached hydrogens (primary N) is 2. The van der Waals surface area contributed by atoms with Gasteiger partial charge >= 0.3 is 0 Å². The molecule has 0 atom stereocenters. The van der Waals surface area contributed by atoms with Crippen LogP contribution in [0.4, 0.5) is 5.69 Å². The van der Waals surface area contributed by atoms with E-state index < -0.39 is 0 Å². The van der Waals surface area contributed by atoms with Gasteiger partial charge in [0.2, 0.25) is 0 Å². The predicted octanol–water partition coefficient (Wildman–Crippen LogP) is 1.18. The van der Waals surface area contributed by atoms with Gasteiger partial charge < -0.3 is 11.5 Å². The Bertz CT molecular complexity index is 896. The molecule has 104 valence electrons. The van der Waals surface area contributed by atoms with E-state index in [1.54, 1.807) is 24.5 Å². The molecule has 0 bridgehead atoms. The Hall–Kier alpha value is -2.73. The first kappa shape index (κ1) is 12.0. The summed E-state index contributed by atoms with van der Waals surface area (Å²) in [6.07, 6.45) is 3.28. The highest BCUT2D eigenvalue weighted by atomic mass is 16.1. The van der Waals surface area contributed by atoms with E-state index in [2.05, 4.69) is 10.1 Å². The number of rotatable bonds is 2. The first-order chi connectivity index (χ1) is 10.2. The van der Waals surface area contributed by atoms with Crippen LogP contribution in [-0.4, -0.2) is 27.1 Å². The Morgan fingerprint density at radius 1 is 1.19 bits per heavy atom. The lowest BCUT2D eigenvalue weighted by Gasteiger charge is -2.15. The number of carbonyl (C=O) groups excluding carboxylic acids is 1. The van der Waals surface area contributed by atoms with Crippen LogP contribution in [0.5, 0.6) is 0 Å². The lowest BCUT2D eigenvalue weighted by Crippen LogP contribution is -2.12. The number of fused-ring (bicyclic) bond motifs is 2. The minimum Gasteiger partial charge on any atom is -0.398 e. The van der Waals surface area contributed by atoms with Crippen LogP contribution in [0, 0.1) is 0 Å². The highest BCUT2D eigenvalue weighted by molar-refractivity contribution is 6.27. The number of benzene rings is 1. The molecule has 0 fully saturated rings. The average Bonchev–Trinajstić information content (AvgIpc) is 2.85. The summed E-state index contributed by atoms with van der Waals surface area (Å²) in [4.78, 5) is 16.8. The van der Waals surface area contributed by atoms with Crippen LogP contribution in [0.25, 0.3) is 22.2 Å². The molecule has 1 aliphatic carbocycles. The van der Waals surface area contributed by atoms with E-state index in [9.17, 15) is 4.79 Å². The van der Waals surface area contributed by atoms with E-state index in [0.29, 0.717) is 29.9 Å². The molecule has 3 aromatic rings. The first-order valence-electron chi connectivity index (χ1n) is 6.70. The number of carbonyl (C=O) groups is 1. The van der Waals surface area contributed by atoms with Gasteiger partial charge in [-0.2, -0.15) is 5.10 Å². The summed E-state index contributed by atoms with van der Waals surface area (Å²) in [5.74, 6) is -0.0738. The van der Waals surface area contributed by atoms with Crippen molar-refractivity contribution in [1.82, 2.24) is 14.8 Å². The zero-order valence-corrected chi connectivity index (χ0v) is 11.2. The minimum atomic E-state index is -0.0738. The summed E-state index contributed by atoms with van der Waals surface area (Å²) in [7, 11) is 0. The van der Waals surface area contributed by atoms with Gasteiger partial charge in [-0.3, -0.25) is 14.5 Å². The van der Waals surface area contributed by atoms with E-state index in [1.807, 2.05) is 10.7 Å². The van der Waals surface area contributed by atoms with Crippen LogP contribution in [0.15, 0.2) is 30.6 Å². The summed E-state index contributed by atoms with van der Waals surface area (Å²) in [6.45, 7) is 1.06. The van der Waals surface area contributed by atoms with Gasteiger partial charge in [-0.15, -0.1) is 0 Å². The zero-order valence-electron chi connectivity index (χ0n) is 11.2. The fourth-order valence-electron chi connectivity index (χ4n) is 2.93. The molecular formula is C15H13N5O. The average molecular weight is 279 g/mol. The van der Waals surface area contributed by atoms with Crippen LogP contribution in [0.3, 0.4) is 0 Å². The monoisotopic (exact) mass is 279 g/mol. The highest BCUT2D eigenvalue weighted by Crippen LogP contribution is 2.40. The maximum Gasteiger partial charge on any atom is 0.196 e. The first-order valence-corrected chi connectivity index (χ1v) is 6.70. The third-order valence-corrected chi connectivity index (χ3v) is 3.84. The zero-order chi connectivity index (χ0) is 14.6. The molecule has 0 unspecified atom stereocenters. The second kappa shape index (κ2) is 4.13. The quantitative estimate of drug-likeness (QED) is 0.537. The summed E-state index contributed by atoms with van der Waals surface area (Å²) >= 11 is 0. The maximum absolute atomic E-state index is 12.7. The van der Waals surface area contributed by atoms with Gasteiger partial charge in [0.15, 0.2) is 5.78 Å². The van der Waals surface area contributed by atoms with Crippen molar-refractivity contribution in [3.05, 3.63) is 41.7 Å². The predicted molar refractivity (Wildman–Crippen MR) is 79.9 cm³/mol. The molecule has 6 nitrogen and oxygen atoms in total. The number of hydrogen-bond donors (Lipinski definition) is 2. The van der Waals surface area contributed by atoms with Gasteiger partial charge in [0.1, 0.15) is 5.69 Å². The second-order valence-electron chi connectivity index (χ2n) is 5.03. The van der Waals surface area contributed by atoms with Crippen LogP contribution in [-0.2, 0) is 6.54 Å². The molecule has 0 amide bonds. The molecule has 1 aromatic carbocycles. The standard InChI is InChI=1S/C15H13N5O/c16-4-6-20-11-2-1-10(17)12-13(11)14(19-20)9-7-18-5-3-8(9)15(12)21/h1-3,5,7H,4,6,16-17H2. The Morgan fingerprint density at radius 2 is 2.05 bits per heavy atom. The van der Waals surface area contributed by atoms with Gasteiger partial charge in [0.25, 0.3) is 0 Å². The van der Waals surface area contributed by atoms with E-state index >= 15 is 0 Å². The van der Waals surface area contributed by atoms with Gasteiger partial charge in [-0.05, 0) is 18.2 Å². The van der Waals surface area contributed by atoms with Crippen LogP contribution < -0.4 is 11.5 Å². The number of anilines is 1. The number of aromatic nitrogens is 3. The van der Waals surface area contributed by atoms with E-state index in [4.69, 9.17) is 11.5 Å². The van der Waals surface area contributed by atoms with E-state index in [1.165, 1.54) is 0 Å². The minimum absolute atomic E-state index is 0.0738. The summed E-state index contributed by atoms with van der Waals surface area (Å²) < 4.78 is 1.82. The Balaban J connectivity index is 2.18. The second-order valence-corrected chi connectivity index (χ2v) is 5.03. The molecule has 0 radical (unpaired) electrons. The molecule has 1 aliphatic rings. The van der Waals surface area contributed by atoms with Crippen molar-refractivity contribution in [3.63, 3.8) is 0 Å². The van der Waals surface area contributed by atoms with Gasteiger partial charge in [-0.1, -0.05) is 0 Å². The molecule has 6 heteroatoms. The van der Waals surface area contributed by atoms with Crippen molar-refractivity contribution >= 4 is 22.4 Å². The number of nitrogens with zero attached hydrogens (tertiary/aromatic N) is 3. The SMILES string of the molecule is NCCn1nc2c3c(c(N)ccc31)C(=O)c1ccncc1-2. The molecule has 2 aromatic heterocycles. The summed E-state index contributed by atoms with van der Waals surface area (Å²) in [5, 5.41) is 5.42. The number of ketones is 1. The maximum atomic E-state index is 12.7. The third-order valence-electron chi connectivity index (χ3n) is 3.84. The topological polar surface area (TPSA) is 99.8 Å². The lowest BCUT2D eigenvalue weighted by molar-refractivity contribution is 0.104. The molecular weight excluding hydrogens is 266 g/mol. The van der Waals surface area contributed by atoms with Crippen LogP contribution in [0.1, 0.15) is 15.9 Å². The summed E-state index contributed by atoms with van der Waals surface area (Å²) in [5.41, 5.74) is 15.7. The number of nitrogen functional groups attached to an aromatic ring is 1. The molecule has 4 rings (SSSR count). The van der Waals surface area contributed by atoms with Crippen molar-refractivity contribution < 1.29 is 4.79 Å². The fourth-order valence-corrected chi connectivity index (χ4v) is 2.93. The van der Waals surface area contributed by atoms with E-state index in [0.717, 1.165) is 22.2 Å². The highest BCUT2D eigenvalue weighted by Gasteiger charge is 2.30.